The number of carbonyl (C=O) groups excluding carboxylic acids is 1. The number of aryl methyl sites for hydroxylation is 1. The van der Waals surface area contributed by atoms with Crippen molar-refractivity contribution in [2.75, 3.05) is 22.6 Å². The first-order valence-electron chi connectivity index (χ1n) is 13.9. The minimum Gasteiger partial charge on any atom is -0.494 e. The highest BCUT2D eigenvalue weighted by atomic mass is 16.5. The second kappa shape index (κ2) is 12.4. The Morgan fingerprint density at radius 1 is 0.909 bits per heavy atom. The molecule has 0 saturated heterocycles. The molecule has 0 unspecified atom stereocenters. The quantitative estimate of drug-likeness (QED) is 0.137. The van der Waals surface area contributed by atoms with Gasteiger partial charge in [0.05, 0.1) is 18.0 Å². The Bertz CT molecular complexity index is 1920. The Kier molecular flexibility index (Phi) is 7.91. The van der Waals surface area contributed by atoms with E-state index in [4.69, 9.17) is 9.47 Å². The van der Waals surface area contributed by atoms with Gasteiger partial charge in [-0.2, -0.15) is 4.98 Å². The lowest BCUT2D eigenvalue weighted by atomic mass is 10.1. The number of amides is 2. The van der Waals surface area contributed by atoms with Crippen LogP contribution in [0.5, 0.6) is 23.3 Å². The van der Waals surface area contributed by atoms with Crippen molar-refractivity contribution in [3.05, 3.63) is 109 Å². The maximum absolute atomic E-state index is 13.1. The second-order valence-electron chi connectivity index (χ2n) is 9.77. The van der Waals surface area contributed by atoms with Crippen molar-refractivity contribution in [1.82, 2.24) is 19.7 Å². The van der Waals surface area contributed by atoms with Crippen molar-refractivity contribution >= 4 is 39.9 Å². The number of aromatic hydroxyl groups is 1. The fourth-order valence-corrected chi connectivity index (χ4v) is 4.58. The number of nitrogens with zero attached hydrogens (tertiary/aromatic N) is 4. The molecule has 220 valence electrons. The molecule has 2 aromatic heterocycles. The van der Waals surface area contributed by atoms with Gasteiger partial charge in [-0.25, -0.2) is 14.5 Å². The van der Waals surface area contributed by atoms with Gasteiger partial charge in [-0.05, 0) is 62.4 Å². The normalized spacial score (nSPS) is 10.8. The third-order valence-corrected chi connectivity index (χ3v) is 6.61. The first-order chi connectivity index (χ1) is 21.4. The summed E-state index contributed by atoms with van der Waals surface area (Å²) in [5.74, 6) is 2.16. The fourth-order valence-electron chi connectivity index (χ4n) is 4.58. The van der Waals surface area contributed by atoms with Gasteiger partial charge in [0.2, 0.25) is 17.7 Å². The minimum absolute atomic E-state index is 0.213. The molecule has 0 saturated carbocycles. The van der Waals surface area contributed by atoms with Gasteiger partial charge < -0.3 is 25.2 Å². The number of benzene rings is 4. The zero-order chi connectivity index (χ0) is 30.5. The summed E-state index contributed by atoms with van der Waals surface area (Å²) >= 11 is 0. The maximum atomic E-state index is 13.1. The third-order valence-electron chi connectivity index (χ3n) is 6.61. The number of aromatic nitrogens is 4. The van der Waals surface area contributed by atoms with Crippen LogP contribution < -0.4 is 25.4 Å². The average Bonchev–Trinajstić information content (AvgIpc) is 3.39. The van der Waals surface area contributed by atoms with Crippen LogP contribution in [0.2, 0.25) is 0 Å². The summed E-state index contributed by atoms with van der Waals surface area (Å²) in [6.45, 7) is 4.51. The lowest BCUT2D eigenvalue weighted by Gasteiger charge is -2.14. The maximum Gasteiger partial charge on any atom is 0.324 e. The molecule has 0 radical (unpaired) electrons. The van der Waals surface area contributed by atoms with Crippen LogP contribution in [0.15, 0.2) is 103 Å². The highest BCUT2D eigenvalue weighted by Gasteiger charge is 2.15. The van der Waals surface area contributed by atoms with Gasteiger partial charge in [0.25, 0.3) is 0 Å². The highest BCUT2D eigenvalue weighted by molar-refractivity contribution is 6.07. The van der Waals surface area contributed by atoms with Crippen molar-refractivity contribution in [3.8, 4) is 28.9 Å². The number of carbonyl (C=O) groups is 1. The Labute approximate surface area is 253 Å². The number of ether oxygens (including phenoxy) is 2. The number of anilines is 4. The molecule has 4 N–H and O–H groups in total. The Morgan fingerprint density at radius 3 is 2.45 bits per heavy atom. The molecule has 2 heterocycles. The van der Waals surface area contributed by atoms with E-state index in [0.717, 1.165) is 27.8 Å². The standard InChI is InChI=1S/C33H29N7O4/c1-3-43-24-14-10-22(11-15-24)35-32-34-19-18-31(38-32)44-28-17-16-27(25-6-4-5-7-26(25)28)36-33(42)37-29-20-30(41)39-40(29)23-12-8-21(2)9-13-23/h4-20H,3H2,1-2H3,(H,39,41)(H,34,35,38)(H2,36,37,42). The minimum atomic E-state index is -0.502. The van der Waals surface area contributed by atoms with E-state index in [2.05, 4.69) is 31.0 Å². The van der Waals surface area contributed by atoms with Crippen molar-refractivity contribution in [1.29, 1.82) is 0 Å². The average molecular weight is 588 g/mol. The number of fused-ring (bicyclic) bond motifs is 1. The molecule has 6 rings (SSSR count). The summed E-state index contributed by atoms with van der Waals surface area (Å²) in [4.78, 5) is 21.9. The number of nitrogens with one attached hydrogen (secondary N) is 3. The van der Waals surface area contributed by atoms with E-state index in [1.54, 1.807) is 24.4 Å². The summed E-state index contributed by atoms with van der Waals surface area (Å²) < 4.78 is 13.1. The molecule has 0 spiro atoms. The molecular formula is C33H29N7O4. The zero-order valence-corrected chi connectivity index (χ0v) is 24.0. The molecule has 0 aliphatic rings. The number of hydrogen-bond acceptors (Lipinski definition) is 8. The molecule has 0 aliphatic heterocycles. The van der Waals surface area contributed by atoms with Crippen molar-refractivity contribution in [2.24, 2.45) is 0 Å². The predicted molar refractivity (Wildman–Crippen MR) is 170 cm³/mol. The summed E-state index contributed by atoms with van der Waals surface area (Å²) in [5.41, 5.74) is 3.15. The van der Waals surface area contributed by atoms with Crippen molar-refractivity contribution in [3.63, 3.8) is 0 Å². The molecule has 11 heteroatoms. The molecule has 0 atom stereocenters. The lowest BCUT2D eigenvalue weighted by molar-refractivity contribution is 0.262. The second-order valence-corrected chi connectivity index (χ2v) is 9.77. The van der Waals surface area contributed by atoms with Gasteiger partial charge in [-0.3, -0.25) is 5.32 Å². The van der Waals surface area contributed by atoms with Crippen LogP contribution >= 0.6 is 0 Å². The number of rotatable bonds is 9. The molecule has 2 amide bonds. The van der Waals surface area contributed by atoms with Gasteiger partial charge in [0.1, 0.15) is 17.3 Å². The topological polar surface area (TPSA) is 135 Å². The predicted octanol–water partition coefficient (Wildman–Crippen LogP) is 7.41. The summed E-state index contributed by atoms with van der Waals surface area (Å²) in [5, 5.41) is 24.5. The monoisotopic (exact) mass is 587 g/mol. The van der Waals surface area contributed by atoms with Crippen LogP contribution in [-0.4, -0.2) is 37.5 Å². The lowest BCUT2D eigenvalue weighted by Crippen LogP contribution is -2.21. The van der Waals surface area contributed by atoms with Crippen LogP contribution in [0.1, 0.15) is 12.5 Å². The Morgan fingerprint density at radius 2 is 1.68 bits per heavy atom. The van der Waals surface area contributed by atoms with Gasteiger partial charge in [-0.1, -0.05) is 42.0 Å². The number of hydrogen-bond donors (Lipinski definition) is 4. The largest absolute Gasteiger partial charge is 0.494 e. The van der Waals surface area contributed by atoms with E-state index in [0.29, 0.717) is 41.4 Å². The van der Waals surface area contributed by atoms with Crippen LogP contribution in [0, 0.1) is 6.92 Å². The molecule has 4 aromatic carbocycles. The summed E-state index contributed by atoms with van der Waals surface area (Å²) in [6.07, 6.45) is 1.61. The van der Waals surface area contributed by atoms with Crippen LogP contribution in [0.4, 0.5) is 27.9 Å². The third kappa shape index (κ3) is 6.36. The SMILES string of the molecule is CCOc1ccc(Nc2nccc(Oc3ccc(NC(=O)Nc4cc(O)nn4-c4ccc(C)cc4)c4ccccc34)n2)cc1. The molecular weight excluding hydrogens is 558 g/mol. The van der Waals surface area contributed by atoms with Gasteiger partial charge in [-0.15, -0.1) is 5.10 Å². The smallest absolute Gasteiger partial charge is 0.324 e. The van der Waals surface area contributed by atoms with E-state index in [1.165, 1.54) is 10.7 Å². The summed E-state index contributed by atoms with van der Waals surface area (Å²) in [6, 6.07) is 28.7. The number of urea groups is 1. The van der Waals surface area contributed by atoms with Gasteiger partial charge in [0.15, 0.2) is 0 Å². The van der Waals surface area contributed by atoms with E-state index < -0.39 is 6.03 Å². The first kappa shape index (κ1) is 28.0. The van der Waals surface area contributed by atoms with E-state index in [9.17, 15) is 9.90 Å². The first-order valence-corrected chi connectivity index (χ1v) is 13.9. The van der Waals surface area contributed by atoms with Crippen LogP contribution in [0.3, 0.4) is 0 Å². The molecule has 0 fully saturated rings. The van der Waals surface area contributed by atoms with Crippen LogP contribution in [0.25, 0.3) is 16.5 Å². The fraction of sp³-hybridized carbons (Fsp3) is 0.0909. The molecule has 11 nitrogen and oxygen atoms in total. The molecule has 6 aromatic rings. The van der Waals surface area contributed by atoms with E-state index in [1.807, 2.05) is 86.6 Å². The molecule has 0 bridgehead atoms. The summed E-state index contributed by atoms with van der Waals surface area (Å²) in [7, 11) is 0. The van der Waals surface area contributed by atoms with E-state index >= 15 is 0 Å². The van der Waals surface area contributed by atoms with Gasteiger partial charge in [0, 0.05) is 34.8 Å². The Balaban J connectivity index is 1.19. The Hall–Kier alpha value is -6.10. The van der Waals surface area contributed by atoms with E-state index in [-0.39, 0.29) is 5.88 Å². The van der Waals surface area contributed by atoms with Gasteiger partial charge >= 0.3 is 6.03 Å². The zero-order valence-electron chi connectivity index (χ0n) is 24.0. The van der Waals surface area contributed by atoms with Crippen molar-refractivity contribution < 1.29 is 19.4 Å². The molecule has 0 aliphatic carbocycles. The van der Waals surface area contributed by atoms with Crippen LogP contribution in [-0.2, 0) is 0 Å². The highest BCUT2D eigenvalue weighted by Crippen LogP contribution is 2.34. The molecule has 44 heavy (non-hydrogen) atoms. The van der Waals surface area contributed by atoms with Crippen molar-refractivity contribution in [2.45, 2.75) is 13.8 Å².